The summed E-state index contributed by atoms with van der Waals surface area (Å²) in [6, 6.07) is 0. The predicted molar refractivity (Wildman–Crippen MR) is 23.6 cm³/mol. The molecule has 0 aliphatic heterocycles. The number of aliphatic hydroxyl groups is 1. The topological polar surface area (TPSA) is 37.3 Å². The molecule has 1 atom stereocenters. The van der Waals surface area contributed by atoms with Gasteiger partial charge >= 0.3 is 0 Å². The van der Waals surface area contributed by atoms with Gasteiger partial charge in [0, 0.05) is 0 Å². The average Bonchev–Trinajstić information content (AvgIpc) is 1.65. The first kappa shape index (κ1) is 6.06. The van der Waals surface area contributed by atoms with E-state index in [4.69, 9.17) is 5.11 Å². The van der Waals surface area contributed by atoms with Gasteiger partial charge < -0.3 is 5.11 Å². The smallest absolute Gasteiger partial charge is 0.187 e. The Morgan fingerprint density at radius 2 is 2.50 bits per heavy atom. The van der Waals surface area contributed by atoms with Crippen LogP contribution in [0.3, 0.4) is 0 Å². The zero-order chi connectivity index (χ0) is 4.99. The van der Waals surface area contributed by atoms with Gasteiger partial charge in [-0.2, -0.15) is 0 Å². The van der Waals surface area contributed by atoms with Crippen LogP contribution in [0.15, 0.2) is 0 Å². The van der Waals surface area contributed by atoms with Crippen molar-refractivity contribution in [3.63, 3.8) is 0 Å². The predicted octanol–water partition coefficient (Wildman–Crippen LogP) is 0.821. The van der Waals surface area contributed by atoms with Crippen molar-refractivity contribution in [2.75, 3.05) is 0 Å². The lowest BCUT2D eigenvalue weighted by Crippen LogP contribution is -1.89. The second-order valence-electron chi connectivity index (χ2n) is 0.875. The summed E-state index contributed by atoms with van der Waals surface area (Å²) in [5.41, 5.74) is 0. The maximum Gasteiger partial charge on any atom is 0.187 e. The van der Waals surface area contributed by atoms with Crippen LogP contribution in [0.1, 0.15) is 6.42 Å². The SMILES string of the molecule is [CH2]CC(O)P=O. The Balaban J connectivity index is 2.96. The van der Waals surface area contributed by atoms with Gasteiger partial charge in [-0.1, -0.05) is 0 Å². The molecule has 2 nitrogen and oxygen atoms in total. The first-order valence-electron chi connectivity index (χ1n) is 1.61. The van der Waals surface area contributed by atoms with E-state index in [-0.39, 0.29) is 8.46 Å². The molecule has 1 N–H and O–H groups in total. The molecule has 35 valence electrons. The van der Waals surface area contributed by atoms with Crippen LogP contribution in [0.5, 0.6) is 0 Å². The van der Waals surface area contributed by atoms with Crippen molar-refractivity contribution in [1.82, 2.24) is 0 Å². The van der Waals surface area contributed by atoms with Crippen molar-refractivity contribution in [3.05, 3.63) is 6.92 Å². The number of hydrogen-bond donors (Lipinski definition) is 1. The second kappa shape index (κ2) is 3.26. The molecule has 0 saturated heterocycles. The summed E-state index contributed by atoms with van der Waals surface area (Å²) in [6.07, 6.45) is 0.311. The van der Waals surface area contributed by atoms with E-state index in [1.807, 2.05) is 0 Å². The summed E-state index contributed by atoms with van der Waals surface area (Å²) in [5, 5.41) is 8.28. The zero-order valence-electron chi connectivity index (χ0n) is 3.29. The quantitative estimate of drug-likeness (QED) is 0.528. The molecule has 3 heteroatoms. The van der Waals surface area contributed by atoms with Gasteiger partial charge in [-0.05, 0) is 13.3 Å². The van der Waals surface area contributed by atoms with Gasteiger partial charge in [0.15, 0.2) is 8.46 Å². The Labute approximate surface area is 38.4 Å². The molecule has 0 fully saturated rings. The fourth-order valence-electron chi connectivity index (χ4n) is 0.0527. The van der Waals surface area contributed by atoms with Crippen LogP contribution in [0, 0.1) is 6.92 Å². The van der Waals surface area contributed by atoms with Gasteiger partial charge in [0.1, 0.15) is 5.85 Å². The summed E-state index contributed by atoms with van der Waals surface area (Å²) in [4.78, 5) is 0. The molecule has 0 aromatic rings. The first-order valence-corrected chi connectivity index (χ1v) is 2.49. The Kier molecular flexibility index (Phi) is 3.29. The van der Waals surface area contributed by atoms with Crippen molar-refractivity contribution < 1.29 is 9.67 Å². The van der Waals surface area contributed by atoms with Crippen molar-refractivity contribution in [1.29, 1.82) is 0 Å². The van der Waals surface area contributed by atoms with Crippen molar-refractivity contribution >= 4 is 8.46 Å². The molecule has 0 bridgehead atoms. The van der Waals surface area contributed by atoms with E-state index < -0.39 is 5.85 Å². The van der Waals surface area contributed by atoms with E-state index in [1.54, 1.807) is 0 Å². The molecule has 0 saturated carbocycles. The van der Waals surface area contributed by atoms with Crippen LogP contribution in [0.4, 0.5) is 0 Å². The van der Waals surface area contributed by atoms with E-state index >= 15 is 0 Å². The summed E-state index contributed by atoms with van der Waals surface area (Å²) in [5.74, 6) is -0.759. The fraction of sp³-hybridized carbons (Fsp3) is 0.667. The fourth-order valence-corrected chi connectivity index (χ4v) is 0.158. The third-order valence-corrected chi connectivity index (χ3v) is 0.881. The summed E-state index contributed by atoms with van der Waals surface area (Å²) >= 11 is 0. The Bertz CT molecular complexity index is 46.1. The van der Waals surface area contributed by atoms with E-state index in [0.29, 0.717) is 6.42 Å². The average molecular weight is 105 g/mol. The molecule has 0 aliphatic rings. The molecule has 0 aromatic carbocycles. The third kappa shape index (κ3) is 2.31. The van der Waals surface area contributed by atoms with Crippen molar-refractivity contribution in [2.24, 2.45) is 0 Å². The zero-order valence-corrected chi connectivity index (χ0v) is 4.19. The van der Waals surface area contributed by atoms with Crippen LogP contribution in [0.25, 0.3) is 0 Å². The van der Waals surface area contributed by atoms with Gasteiger partial charge in [-0.25, -0.2) is 0 Å². The summed E-state index contributed by atoms with van der Waals surface area (Å²) < 4.78 is 9.54. The number of rotatable bonds is 2. The lowest BCUT2D eigenvalue weighted by molar-refractivity contribution is 0.258. The third-order valence-electron chi connectivity index (χ3n) is 0.380. The highest BCUT2D eigenvalue weighted by molar-refractivity contribution is 7.24. The summed E-state index contributed by atoms with van der Waals surface area (Å²) in [6.45, 7) is 3.30. The van der Waals surface area contributed by atoms with E-state index in [1.165, 1.54) is 0 Å². The first-order chi connectivity index (χ1) is 2.81. The Morgan fingerprint density at radius 3 is 2.50 bits per heavy atom. The largest absolute Gasteiger partial charge is 0.381 e. The molecule has 0 heterocycles. The van der Waals surface area contributed by atoms with Gasteiger partial charge in [0.2, 0.25) is 0 Å². The highest BCUT2D eigenvalue weighted by Crippen LogP contribution is 2.03. The minimum atomic E-state index is -0.759. The van der Waals surface area contributed by atoms with Gasteiger partial charge in [-0.3, -0.25) is 4.57 Å². The Morgan fingerprint density at radius 1 is 2.00 bits per heavy atom. The Hall–Kier alpha value is 0.0600. The number of hydrogen-bond acceptors (Lipinski definition) is 2. The number of aliphatic hydroxyl groups excluding tert-OH is 1. The summed E-state index contributed by atoms with van der Waals surface area (Å²) in [7, 11) is -0.229. The molecule has 0 spiro atoms. The maximum absolute atomic E-state index is 9.54. The van der Waals surface area contributed by atoms with E-state index in [0.717, 1.165) is 0 Å². The van der Waals surface area contributed by atoms with Crippen LogP contribution in [-0.4, -0.2) is 11.0 Å². The normalized spacial score (nSPS) is 15.0. The van der Waals surface area contributed by atoms with Crippen molar-refractivity contribution in [2.45, 2.75) is 12.3 Å². The van der Waals surface area contributed by atoms with Crippen molar-refractivity contribution in [3.8, 4) is 0 Å². The lowest BCUT2D eigenvalue weighted by atomic mass is 10.5. The molecular weight excluding hydrogens is 99.0 g/mol. The molecule has 0 amide bonds. The molecule has 1 radical (unpaired) electrons. The molecule has 0 aromatic heterocycles. The van der Waals surface area contributed by atoms with Crippen LogP contribution >= 0.6 is 8.46 Å². The molecule has 1 unspecified atom stereocenters. The molecule has 0 rings (SSSR count). The van der Waals surface area contributed by atoms with Gasteiger partial charge in [0.05, 0.1) is 0 Å². The maximum atomic E-state index is 9.54. The van der Waals surface area contributed by atoms with Crippen LogP contribution < -0.4 is 0 Å². The highest BCUT2D eigenvalue weighted by Gasteiger charge is 1.93. The minimum Gasteiger partial charge on any atom is -0.381 e. The molecule has 0 aliphatic carbocycles. The highest BCUT2D eigenvalue weighted by atomic mass is 31.1. The van der Waals surface area contributed by atoms with Gasteiger partial charge in [-0.15, -0.1) is 0 Å². The van der Waals surface area contributed by atoms with Crippen LogP contribution in [-0.2, 0) is 4.57 Å². The minimum absolute atomic E-state index is 0.229. The molecular formula is C3H6O2P. The van der Waals surface area contributed by atoms with E-state index in [2.05, 4.69) is 6.92 Å². The standard InChI is InChI=1S/C3H6O2P/c1-2-3(4)6-5/h3-4H,1-2H2. The van der Waals surface area contributed by atoms with Gasteiger partial charge in [0.25, 0.3) is 0 Å². The second-order valence-corrected chi connectivity index (χ2v) is 1.68. The molecule has 6 heavy (non-hydrogen) atoms. The van der Waals surface area contributed by atoms with E-state index in [9.17, 15) is 4.57 Å². The lowest BCUT2D eigenvalue weighted by Gasteiger charge is -1.87. The van der Waals surface area contributed by atoms with Crippen LogP contribution in [0.2, 0.25) is 0 Å². The monoisotopic (exact) mass is 105 g/mol.